The van der Waals surface area contributed by atoms with Crippen molar-refractivity contribution in [3.8, 4) is 17.6 Å². The van der Waals surface area contributed by atoms with Crippen molar-refractivity contribution in [1.82, 2.24) is 0 Å². The van der Waals surface area contributed by atoms with Gasteiger partial charge in [0.2, 0.25) is 0 Å². The normalized spacial score (nSPS) is 11.1. The SMILES string of the molecule is COc1cccc(C=C(C#N)c2ccc3ccccc3c2)c1OC. The van der Waals surface area contributed by atoms with Crippen LogP contribution in [0, 0.1) is 11.3 Å². The highest BCUT2D eigenvalue weighted by Crippen LogP contribution is 2.33. The van der Waals surface area contributed by atoms with E-state index < -0.39 is 0 Å². The van der Waals surface area contributed by atoms with Gasteiger partial charge in [-0.15, -0.1) is 0 Å². The number of fused-ring (bicyclic) bond motifs is 1. The third-order valence-corrected chi connectivity index (χ3v) is 3.91. The molecule has 0 spiro atoms. The topological polar surface area (TPSA) is 42.2 Å². The number of allylic oxidation sites excluding steroid dienone is 1. The molecular weight excluding hydrogens is 298 g/mol. The average molecular weight is 315 g/mol. The van der Waals surface area contributed by atoms with Crippen LogP contribution in [0.3, 0.4) is 0 Å². The summed E-state index contributed by atoms with van der Waals surface area (Å²) in [6, 6.07) is 22.0. The number of ether oxygens (including phenoxy) is 2. The van der Waals surface area contributed by atoms with Crippen molar-refractivity contribution >= 4 is 22.4 Å². The number of para-hydroxylation sites is 1. The smallest absolute Gasteiger partial charge is 0.167 e. The lowest BCUT2D eigenvalue weighted by atomic mass is 10.00. The van der Waals surface area contributed by atoms with Crippen LogP contribution >= 0.6 is 0 Å². The molecule has 0 heterocycles. The fraction of sp³-hybridized carbons (Fsp3) is 0.0952. The summed E-state index contributed by atoms with van der Waals surface area (Å²) in [5.41, 5.74) is 2.26. The van der Waals surface area contributed by atoms with Crippen molar-refractivity contribution in [2.24, 2.45) is 0 Å². The first-order chi connectivity index (χ1) is 11.8. The zero-order chi connectivity index (χ0) is 16.9. The Balaban J connectivity index is 2.11. The van der Waals surface area contributed by atoms with Crippen LogP contribution in [-0.2, 0) is 0 Å². The molecule has 0 aliphatic heterocycles. The number of rotatable bonds is 4. The summed E-state index contributed by atoms with van der Waals surface area (Å²) in [5.74, 6) is 1.26. The highest BCUT2D eigenvalue weighted by Gasteiger charge is 2.10. The van der Waals surface area contributed by atoms with Gasteiger partial charge in [0.15, 0.2) is 11.5 Å². The van der Waals surface area contributed by atoms with E-state index >= 15 is 0 Å². The second-order valence-corrected chi connectivity index (χ2v) is 5.31. The molecule has 0 atom stereocenters. The van der Waals surface area contributed by atoms with Crippen molar-refractivity contribution in [1.29, 1.82) is 5.26 Å². The maximum absolute atomic E-state index is 9.61. The van der Waals surface area contributed by atoms with E-state index in [1.54, 1.807) is 14.2 Å². The molecule has 3 nitrogen and oxygen atoms in total. The fourth-order valence-corrected chi connectivity index (χ4v) is 2.72. The first-order valence-corrected chi connectivity index (χ1v) is 7.59. The molecule has 0 aromatic heterocycles. The zero-order valence-electron chi connectivity index (χ0n) is 13.6. The summed E-state index contributed by atoms with van der Waals surface area (Å²) in [6.07, 6.45) is 1.82. The van der Waals surface area contributed by atoms with Crippen LogP contribution in [0.25, 0.3) is 22.4 Å². The summed E-state index contributed by atoms with van der Waals surface area (Å²) in [6.45, 7) is 0. The van der Waals surface area contributed by atoms with Crippen molar-refractivity contribution < 1.29 is 9.47 Å². The monoisotopic (exact) mass is 315 g/mol. The largest absolute Gasteiger partial charge is 0.493 e. The van der Waals surface area contributed by atoms with Gasteiger partial charge in [-0.25, -0.2) is 0 Å². The molecule has 0 saturated heterocycles. The fourth-order valence-electron chi connectivity index (χ4n) is 2.72. The van der Waals surface area contributed by atoms with Gasteiger partial charge in [0.25, 0.3) is 0 Å². The highest BCUT2D eigenvalue weighted by atomic mass is 16.5. The van der Waals surface area contributed by atoms with E-state index in [9.17, 15) is 5.26 Å². The molecule has 0 unspecified atom stereocenters. The van der Waals surface area contributed by atoms with E-state index in [4.69, 9.17) is 9.47 Å². The number of nitrogens with zero attached hydrogens (tertiary/aromatic N) is 1. The minimum Gasteiger partial charge on any atom is -0.493 e. The molecule has 118 valence electrons. The molecule has 24 heavy (non-hydrogen) atoms. The molecule has 0 amide bonds. The molecule has 0 aliphatic carbocycles. The third kappa shape index (κ3) is 2.95. The quantitative estimate of drug-likeness (QED) is 0.507. The molecule has 0 bridgehead atoms. The van der Waals surface area contributed by atoms with E-state index in [2.05, 4.69) is 12.1 Å². The van der Waals surface area contributed by atoms with Crippen molar-refractivity contribution in [3.05, 3.63) is 71.8 Å². The summed E-state index contributed by atoms with van der Waals surface area (Å²) < 4.78 is 10.8. The van der Waals surface area contributed by atoms with Gasteiger partial charge < -0.3 is 9.47 Å². The third-order valence-electron chi connectivity index (χ3n) is 3.91. The van der Waals surface area contributed by atoms with Crippen LogP contribution in [0.1, 0.15) is 11.1 Å². The predicted molar refractivity (Wildman–Crippen MR) is 97.0 cm³/mol. The molecule has 3 rings (SSSR count). The molecule has 3 aromatic carbocycles. The van der Waals surface area contributed by atoms with Gasteiger partial charge in [0.05, 0.1) is 25.9 Å². The Hall–Kier alpha value is -3.25. The molecular formula is C21H17NO2. The van der Waals surface area contributed by atoms with Gasteiger partial charge in [-0.3, -0.25) is 0 Å². The predicted octanol–water partition coefficient (Wildman–Crippen LogP) is 4.92. The molecule has 0 saturated carbocycles. The Morgan fingerprint density at radius 1 is 0.917 bits per heavy atom. The first kappa shape index (κ1) is 15.6. The van der Waals surface area contributed by atoms with Gasteiger partial charge in [-0.1, -0.05) is 48.5 Å². The van der Waals surface area contributed by atoms with Crippen LogP contribution in [0.15, 0.2) is 60.7 Å². The molecule has 0 radical (unpaired) electrons. The van der Waals surface area contributed by atoms with Gasteiger partial charge in [-0.05, 0) is 34.5 Å². The lowest BCUT2D eigenvalue weighted by Crippen LogP contribution is -1.93. The van der Waals surface area contributed by atoms with E-state index in [-0.39, 0.29) is 0 Å². The summed E-state index contributed by atoms with van der Waals surface area (Å²) in [4.78, 5) is 0. The maximum Gasteiger partial charge on any atom is 0.167 e. The lowest BCUT2D eigenvalue weighted by molar-refractivity contribution is 0.354. The molecule has 0 N–H and O–H groups in total. The minimum absolute atomic E-state index is 0.576. The van der Waals surface area contributed by atoms with E-state index in [1.165, 1.54) is 0 Å². The van der Waals surface area contributed by atoms with Crippen molar-refractivity contribution in [2.45, 2.75) is 0 Å². The molecule has 3 aromatic rings. The zero-order valence-corrected chi connectivity index (χ0v) is 13.6. The summed E-state index contributed by atoms with van der Waals surface area (Å²) in [5, 5.41) is 11.9. The summed E-state index contributed by atoms with van der Waals surface area (Å²) >= 11 is 0. The van der Waals surface area contributed by atoms with Crippen LogP contribution in [0.4, 0.5) is 0 Å². The maximum atomic E-state index is 9.61. The van der Waals surface area contributed by atoms with Crippen LogP contribution in [0.5, 0.6) is 11.5 Å². The second-order valence-electron chi connectivity index (χ2n) is 5.31. The van der Waals surface area contributed by atoms with Crippen molar-refractivity contribution in [3.63, 3.8) is 0 Å². The number of benzene rings is 3. The van der Waals surface area contributed by atoms with E-state index in [1.807, 2.05) is 60.7 Å². The Morgan fingerprint density at radius 3 is 2.42 bits per heavy atom. The second kappa shape index (κ2) is 6.89. The van der Waals surface area contributed by atoms with E-state index in [0.717, 1.165) is 21.9 Å². The Labute approximate surface area is 141 Å². The standard InChI is InChI=1S/C21H17NO2/c1-23-20-9-5-8-18(21(20)24-2)13-19(14-22)17-11-10-15-6-3-4-7-16(15)12-17/h3-13H,1-2H3. The van der Waals surface area contributed by atoms with Crippen LogP contribution in [0.2, 0.25) is 0 Å². The Bertz CT molecular complexity index is 951. The van der Waals surface area contributed by atoms with Gasteiger partial charge >= 0.3 is 0 Å². The number of methoxy groups -OCH3 is 2. The molecule has 3 heteroatoms. The van der Waals surface area contributed by atoms with Gasteiger partial charge in [-0.2, -0.15) is 5.26 Å². The average Bonchev–Trinajstić information content (AvgIpc) is 2.65. The van der Waals surface area contributed by atoms with Gasteiger partial charge in [0, 0.05) is 5.56 Å². The van der Waals surface area contributed by atoms with Gasteiger partial charge in [0.1, 0.15) is 0 Å². The Kier molecular flexibility index (Phi) is 4.49. The first-order valence-electron chi connectivity index (χ1n) is 7.59. The molecule has 0 aliphatic rings. The van der Waals surface area contributed by atoms with Crippen LogP contribution < -0.4 is 9.47 Å². The van der Waals surface area contributed by atoms with Crippen LogP contribution in [-0.4, -0.2) is 14.2 Å². The number of nitriles is 1. The molecule has 0 fully saturated rings. The van der Waals surface area contributed by atoms with Crippen molar-refractivity contribution in [2.75, 3.05) is 14.2 Å². The summed E-state index contributed by atoms with van der Waals surface area (Å²) in [7, 11) is 3.19. The van der Waals surface area contributed by atoms with E-state index in [0.29, 0.717) is 17.1 Å². The Morgan fingerprint density at radius 2 is 1.71 bits per heavy atom. The highest BCUT2D eigenvalue weighted by molar-refractivity contribution is 5.95. The lowest BCUT2D eigenvalue weighted by Gasteiger charge is -2.10. The number of hydrogen-bond acceptors (Lipinski definition) is 3. The minimum atomic E-state index is 0.576. The number of hydrogen-bond donors (Lipinski definition) is 0.